The van der Waals surface area contributed by atoms with Crippen LogP contribution in [0, 0.1) is 0 Å². The standard InChI is InChI=1S/2C27H23.C3H6.2ClH.Ti/c2*1-2-3-9-19-16-20-12-8-15-25(26(20)17-19)27-23-13-6-4-10-21(23)18-22-11-5-7-14-24(22)27;1-3-2;;;/h2*4-8,10-18H,2-3,9H2,1H3;1-3H2;2*1H;/q;;;;;+2/p-2. The van der Waals surface area contributed by atoms with Crippen molar-refractivity contribution in [3.8, 4) is 22.3 Å². The molecular formula is C57H52Cl2Ti. The van der Waals surface area contributed by atoms with Gasteiger partial charge in [0.2, 0.25) is 0 Å². The van der Waals surface area contributed by atoms with Crippen LogP contribution >= 0.6 is 0 Å². The maximum absolute atomic E-state index is 2.76. The zero-order chi connectivity index (χ0) is 38.8. The Labute approximate surface area is 372 Å². The maximum Gasteiger partial charge on any atom is -1.00 e. The van der Waals surface area contributed by atoms with E-state index >= 15 is 0 Å². The van der Waals surface area contributed by atoms with Crippen molar-refractivity contribution in [1.82, 2.24) is 0 Å². The van der Waals surface area contributed by atoms with Crippen molar-refractivity contribution < 1.29 is 41.4 Å². The van der Waals surface area contributed by atoms with E-state index in [9.17, 15) is 0 Å². The average molecular weight is 856 g/mol. The smallest absolute Gasteiger partial charge is 1.00 e. The van der Waals surface area contributed by atoms with Crippen molar-refractivity contribution >= 4 is 55.2 Å². The molecule has 0 spiro atoms. The molecule has 2 aliphatic carbocycles. The predicted molar refractivity (Wildman–Crippen MR) is 248 cm³/mol. The summed E-state index contributed by atoms with van der Waals surface area (Å²) in [5.41, 5.74) is 15.5. The molecule has 0 nitrogen and oxygen atoms in total. The molecule has 0 N–H and O–H groups in total. The minimum atomic E-state index is -2.76. The Morgan fingerprint density at radius 3 is 1.15 bits per heavy atom. The Morgan fingerprint density at radius 1 is 0.450 bits per heavy atom. The number of hydrogen-bond donors (Lipinski definition) is 0. The summed E-state index contributed by atoms with van der Waals surface area (Å²) < 4.78 is 4.12. The molecule has 0 saturated carbocycles. The number of fused-ring (bicyclic) bond motifs is 6. The molecule has 11 rings (SSSR count). The molecule has 3 heteroatoms. The van der Waals surface area contributed by atoms with Crippen LogP contribution in [0.1, 0.15) is 89.5 Å². The van der Waals surface area contributed by atoms with E-state index in [1.807, 2.05) is 0 Å². The van der Waals surface area contributed by atoms with Gasteiger partial charge in [0.15, 0.2) is 0 Å². The molecule has 1 fully saturated rings. The van der Waals surface area contributed by atoms with Crippen LogP contribution in [0.15, 0.2) is 157 Å². The van der Waals surface area contributed by atoms with Crippen molar-refractivity contribution in [1.29, 1.82) is 0 Å². The summed E-state index contributed by atoms with van der Waals surface area (Å²) in [6.45, 7) is 4.76. The summed E-state index contributed by atoms with van der Waals surface area (Å²) in [7, 11) is 0. The predicted octanol–water partition coefficient (Wildman–Crippen LogP) is 11.0. The molecule has 1 heterocycles. The number of unbranched alkanes of at least 4 members (excludes halogenated alkanes) is 2. The quantitative estimate of drug-likeness (QED) is 0.0950. The molecule has 0 aromatic heterocycles. The Bertz CT molecular complexity index is 2680. The van der Waals surface area contributed by atoms with Gasteiger partial charge in [0, 0.05) is 0 Å². The molecule has 298 valence electrons. The van der Waals surface area contributed by atoms with Crippen LogP contribution in [0.25, 0.3) is 77.5 Å². The van der Waals surface area contributed by atoms with Gasteiger partial charge in [0.05, 0.1) is 0 Å². The van der Waals surface area contributed by atoms with Gasteiger partial charge in [-0.2, -0.15) is 0 Å². The van der Waals surface area contributed by atoms with Gasteiger partial charge in [-0.25, -0.2) is 0 Å². The minimum absolute atomic E-state index is 0. The van der Waals surface area contributed by atoms with Gasteiger partial charge in [-0.05, 0) is 0 Å². The van der Waals surface area contributed by atoms with Crippen LogP contribution < -0.4 is 24.8 Å². The van der Waals surface area contributed by atoms with E-state index in [1.165, 1.54) is 131 Å². The molecule has 3 aliphatic rings. The van der Waals surface area contributed by atoms with E-state index in [-0.39, 0.29) is 24.8 Å². The van der Waals surface area contributed by atoms with Gasteiger partial charge >= 0.3 is 350 Å². The van der Waals surface area contributed by atoms with E-state index in [4.69, 9.17) is 0 Å². The summed E-state index contributed by atoms with van der Waals surface area (Å²) in [5.74, 6) is 0. The minimum Gasteiger partial charge on any atom is -1.00 e. The monoisotopic (exact) mass is 854 g/mol. The summed E-state index contributed by atoms with van der Waals surface area (Å²) in [5, 5.41) is 10.8. The maximum atomic E-state index is 2.73. The van der Waals surface area contributed by atoms with Crippen LogP contribution in [0.5, 0.6) is 0 Å². The summed E-state index contributed by atoms with van der Waals surface area (Å²) in [6, 6.07) is 56.0. The summed E-state index contributed by atoms with van der Waals surface area (Å²) in [6.07, 6.45) is 14.3. The first-order valence-electron chi connectivity index (χ1n) is 22.2. The molecule has 0 bridgehead atoms. The number of benzene rings is 8. The van der Waals surface area contributed by atoms with Crippen LogP contribution in [0.2, 0.25) is 9.45 Å². The number of allylic oxidation sites excluding steroid dienone is 2. The molecule has 8 aromatic carbocycles. The second kappa shape index (κ2) is 16.8. The first-order chi connectivity index (χ1) is 28.7. The van der Waals surface area contributed by atoms with Crippen molar-refractivity contribution in [2.75, 3.05) is 0 Å². The fraction of sp³-hybridized carbons (Fsp3) is 0.228. The van der Waals surface area contributed by atoms with E-state index < -0.39 is 16.6 Å². The Hall–Kier alpha value is -4.43. The van der Waals surface area contributed by atoms with Gasteiger partial charge in [0.1, 0.15) is 0 Å². The second-order valence-corrected chi connectivity index (χ2v) is 24.8. The molecule has 0 amide bonds. The van der Waals surface area contributed by atoms with Crippen molar-refractivity contribution in [3.63, 3.8) is 0 Å². The first kappa shape index (κ1) is 41.0. The molecule has 2 unspecified atom stereocenters. The number of halogens is 2. The number of rotatable bonds is 10. The molecule has 2 atom stereocenters. The van der Waals surface area contributed by atoms with E-state index in [1.54, 1.807) is 22.3 Å². The van der Waals surface area contributed by atoms with E-state index in [2.05, 4.69) is 172 Å². The van der Waals surface area contributed by atoms with Gasteiger partial charge in [-0.15, -0.1) is 0 Å². The Kier molecular flexibility index (Phi) is 11.5. The molecular weight excluding hydrogens is 803 g/mol. The number of hydrogen-bond acceptors (Lipinski definition) is 0. The van der Waals surface area contributed by atoms with Crippen molar-refractivity contribution in [2.24, 2.45) is 0 Å². The zero-order valence-electron chi connectivity index (χ0n) is 34.8. The molecule has 0 radical (unpaired) electrons. The van der Waals surface area contributed by atoms with Gasteiger partial charge in [-0.3, -0.25) is 0 Å². The normalized spacial score (nSPS) is 16.9. The molecule has 1 aliphatic heterocycles. The third-order valence-corrected chi connectivity index (χ3v) is 24.2. The van der Waals surface area contributed by atoms with E-state index in [0.717, 1.165) is 0 Å². The Balaban J connectivity index is 0.00000231. The first-order valence-corrected chi connectivity index (χ1v) is 26.2. The van der Waals surface area contributed by atoms with Crippen molar-refractivity contribution in [2.45, 2.75) is 76.7 Å². The van der Waals surface area contributed by atoms with Crippen LogP contribution in [-0.4, -0.2) is 0 Å². The summed E-state index contributed by atoms with van der Waals surface area (Å²) in [4.78, 5) is 0. The van der Waals surface area contributed by atoms with Gasteiger partial charge < -0.3 is 24.8 Å². The SMILES string of the molecule is CCCCC1=Cc2c(-c3c4ccccc4cc4ccccc34)cccc2[CH]1[Ti+2]1([CH]2C(CCCC)=Cc3c(-c4c5ccccc5cc5ccccc45)cccc32)[CH2]C[CH2]1.[Cl-].[Cl-]. The summed E-state index contributed by atoms with van der Waals surface area (Å²) >= 11 is -2.76. The van der Waals surface area contributed by atoms with Crippen LogP contribution in [0.3, 0.4) is 0 Å². The van der Waals surface area contributed by atoms with E-state index in [0.29, 0.717) is 8.45 Å². The largest absolute Gasteiger partial charge is 1.00 e. The molecule has 8 aromatic rings. The van der Waals surface area contributed by atoms with Gasteiger partial charge in [0.25, 0.3) is 0 Å². The van der Waals surface area contributed by atoms with Crippen LogP contribution in [0.4, 0.5) is 0 Å². The third kappa shape index (κ3) is 6.45. The fourth-order valence-electron chi connectivity index (χ4n) is 11.9. The van der Waals surface area contributed by atoms with Crippen molar-refractivity contribution in [3.05, 3.63) is 179 Å². The topological polar surface area (TPSA) is 0 Å². The van der Waals surface area contributed by atoms with Gasteiger partial charge in [-0.1, -0.05) is 0 Å². The van der Waals surface area contributed by atoms with Crippen LogP contribution in [-0.2, 0) is 16.6 Å². The molecule has 1 saturated heterocycles. The second-order valence-electron chi connectivity index (χ2n) is 17.6. The zero-order valence-corrected chi connectivity index (χ0v) is 37.9. The third-order valence-electron chi connectivity index (χ3n) is 14.5. The average Bonchev–Trinajstić information content (AvgIpc) is 3.82. The Morgan fingerprint density at radius 2 is 0.817 bits per heavy atom. The molecule has 60 heavy (non-hydrogen) atoms. The fourth-order valence-corrected chi connectivity index (χ4v) is 21.7.